The first kappa shape index (κ1) is 13.9. The summed E-state index contributed by atoms with van der Waals surface area (Å²) >= 11 is 1.71. The Bertz CT molecular complexity index is 743. The van der Waals surface area contributed by atoms with Crippen LogP contribution in [0, 0.1) is 0 Å². The minimum Gasteiger partial charge on any atom is -0.481 e. The van der Waals surface area contributed by atoms with E-state index in [2.05, 4.69) is 39.7 Å². The van der Waals surface area contributed by atoms with Gasteiger partial charge in [-0.15, -0.1) is 0 Å². The van der Waals surface area contributed by atoms with Crippen molar-refractivity contribution in [3.8, 4) is 0 Å². The topological polar surface area (TPSA) is 42.2 Å². The van der Waals surface area contributed by atoms with Gasteiger partial charge in [-0.2, -0.15) is 11.3 Å². The third kappa shape index (κ3) is 3.16. The highest BCUT2D eigenvalue weighted by molar-refractivity contribution is 7.07. The number of aryl methyl sites for hydroxylation is 1. The molecule has 0 spiro atoms. The van der Waals surface area contributed by atoms with Crippen LogP contribution in [0.1, 0.15) is 24.0 Å². The lowest BCUT2D eigenvalue weighted by molar-refractivity contribution is -0.137. The van der Waals surface area contributed by atoms with Crippen molar-refractivity contribution in [3.05, 3.63) is 58.4 Å². The lowest BCUT2D eigenvalue weighted by Gasteiger charge is -2.02. The predicted molar refractivity (Wildman–Crippen MR) is 85.9 cm³/mol. The number of aromatic nitrogens is 1. The number of nitrogens with zero attached hydrogens (tertiary/aromatic N) is 1. The zero-order valence-corrected chi connectivity index (χ0v) is 12.5. The molecule has 0 fully saturated rings. The summed E-state index contributed by atoms with van der Waals surface area (Å²) < 4.78 is 2.26. The number of fused-ring (bicyclic) bond motifs is 1. The van der Waals surface area contributed by atoms with Crippen LogP contribution in [-0.4, -0.2) is 15.6 Å². The Morgan fingerprint density at radius 2 is 2.10 bits per heavy atom. The maximum atomic E-state index is 10.7. The predicted octanol–water partition coefficient (Wildman–Crippen LogP) is 4.16. The van der Waals surface area contributed by atoms with Gasteiger partial charge in [-0.25, -0.2) is 0 Å². The minimum absolute atomic E-state index is 0.226. The van der Waals surface area contributed by atoms with Gasteiger partial charge in [0, 0.05) is 30.1 Å². The van der Waals surface area contributed by atoms with Crippen LogP contribution in [-0.2, 0) is 17.8 Å². The Balaban J connectivity index is 1.88. The summed E-state index contributed by atoms with van der Waals surface area (Å²) in [6.45, 7) is 0.864. The standard InChI is InChI=1S/C17H17NO2S/c19-17(20)7-3-4-14-11-18(10-13-8-9-21-12-13)16-6-2-1-5-15(14)16/h1-2,5-6,8-9,11-12H,3-4,7,10H2,(H,19,20). The van der Waals surface area contributed by atoms with Crippen molar-refractivity contribution in [2.45, 2.75) is 25.8 Å². The van der Waals surface area contributed by atoms with Crippen LogP contribution in [0.3, 0.4) is 0 Å². The molecular weight excluding hydrogens is 282 g/mol. The van der Waals surface area contributed by atoms with E-state index in [1.165, 1.54) is 22.0 Å². The van der Waals surface area contributed by atoms with Gasteiger partial charge in [0.15, 0.2) is 0 Å². The fourth-order valence-electron chi connectivity index (χ4n) is 2.66. The summed E-state index contributed by atoms with van der Waals surface area (Å²) in [6, 6.07) is 10.5. The van der Waals surface area contributed by atoms with E-state index in [4.69, 9.17) is 5.11 Å². The highest BCUT2D eigenvalue weighted by atomic mass is 32.1. The number of aliphatic carboxylic acids is 1. The molecule has 0 aliphatic carbocycles. The van der Waals surface area contributed by atoms with Gasteiger partial charge in [0.1, 0.15) is 0 Å². The molecule has 0 unspecified atom stereocenters. The van der Waals surface area contributed by atoms with Crippen molar-refractivity contribution in [2.75, 3.05) is 0 Å². The Morgan fingerprint density at radius 3 is 2.86 bits per heavy atom. The molecule has 0 amide bonds. The lowest BCUT2D eigenvalue weighted by Crippen LogP contribution is -1.97. The van der Waals surface area contributed by atoms with Crippen LogP contribution in [0.5, 0.6) is 0 Å². The van der Waals surface area contributed by atoms with Crippen molar-refractivity contribution in [1.82, 2.24) is 4.57 Å². The first-order valence-electron chi connectivity index (χ1n) is 7.03. The Morgan fingerprint density at radius 1 is 1.24 bits per heavy atom. The van der Waals surface area contributed by atoms with Gasteiger partial charge in [-0.3, -0.25) is 4.79 Å². The molecule has 1 aromatic carbocycles. The quantitative estimate of drug-likeness (QED) is 0.742. The van der Waals surface area contributed by atoms with Crippen LogP contribution >= 0.6 is 11.3 Å². The zero-order valence-electron chi connectivity index (χ0n) is 11.7. The SMILES string of the molecule is O=C(O)CCCc1cn(Cc2ccsc2)c2ccccc12. The van der Waals surface area contributed by atoms with E-state index in [-0.39, 0.29) is 6.42 Å². The molecule has 108 valence electrons. The second kappa shape index (κ2) is 6.14. The second-order valence-corrected chi connectivity index (χ2v) is 5.96. The maximum Gasteiger partial charge on any atom is 0.303 e. The van der Waals surface area contributed by atoms with Gasteiger partial charge in [-0.05, 0) is 46.9 Å². The molecule has 0 aliphatic rings. The average molecular weight is 299 g/mol. The first-order chi connectivity index (χ1) is 10.2. The summed E-state index contributed by atoms with van der Waals surface area (Å²) in [5, 5.41) is 14.3. The molecule has 21 heavy (non-hydrogen) atoms. The molecule has 2 heterocycles. The van der Waals surface area contributed by atoms with E-state index in [9.17, 15) is 4.79 Å². The molecule has 1 N–H and O–H groups in total. The van der Waals surface area contributed by atoms with Crippen molar-refractivity contribution >= 4 is 28.2 Å². The number of thiophene rings is 1. The fraction of sp³-hybridized carbons (Fsp3) is 0.235. The summed E-state index contributed by atoms with van der Waals surface area (Å²) in [5.41, 5.74) is 3.76. The molecule has 4 heteroatoms. The third-order valence-corrected chi connectivity index (χ3v) is 4.37. The first-order valence-corrected chi connectivity index (χ1v) is 7.98. The van der Waals surface area contributed by atoms with E-state index in [0.717, 1.165) is 13.0 Å². The fourth-order valence-corrected chi connectivity index (χ4v) is 3.32. The van der Waals surface area contributed by atoms with Gasteiger partial charge in [-0.1, -0.05) is 18.2 Å². The monoisotopic (exact) mass is 299 g/mol. The molecule has 0 radical (unpaired) electrons. The lowest BCUT2D eigenvalue weighted by atomic mass is 10.1. The van der Waals surface area contributed by atoms with Crippen LogP contribution < -0.4 is 0 Å². The van der Waals surface area contributed by atoms with Gasteiger partial charge < -0.3 is 9.67 Å². The van der Waals surface area contributed by atoms with Crippen molar-refractivity contribution in [3.63, 3.8) is 0 Å². The number of para-hydroxylation sites is 1. The Labute approximate surface area is 127 Å². The molecule has 2 aromatic heterocycles. The average Bonchev–Trinajstić information content (AvgIpc) is 3.09. The van der Waals surface area contributed by atoms with Crippen molar-refractivity contribution < 1.29 is 9.90 Å². The largest absolute Gasteiger partial charge is 0.481 e. The molecule has 3 nitrogen and oxygen atoms in total. The van der Waals surface area contributed by atoms with Crippen molar-refractivity contribution in [1.29, 1.82) is 0 Å². The summed E-state index contributed by atoms with van der Waals surface area (Å²) in [6.07, 6.45) is 3.89. The molecule has 0 saturated carbocycles. The van der Waals surface area contributed by atoms with Crippen molar-refractivity contribution in [2.24, 2.45) is 0 Å². The van der Waals surface area contributed by atoms with Crippen LogP contribution in [0.25, 0.3) is 10.9 Å². The number of carbonyl (C=O) groups is 1. The van der Waals surface area contributed by atoms with E-state index >= 15 is 0 Å². The summed E-state index contributed by atoms with van der Waals surface area (Å²) in [4.78, 5) is 10.7. The van der Waals surface area contributed by atoms with Gasteiger partial charge in [0.2, 0.25) is 0 Å². The Kier molecular flexibility index (Phi) is 4.06. The highest BCUT2D eigenvalue weighted by Gasteiger charge is 2.09. The molecule has 0 aliphatic heterocycles. The molecule has 0 bridgehead atoms. The number of rotatable bonds is 6. The molecule has 0 saturated heterocycles. The second-order valence-electron chi connectivity index (χ2n) is 5.18. The normalized spacial score (nSPS) is 11.0. The molecular formula is C17H17NO2S. The van der Waals surface area contributed by atoms with E-state index < -0.39 is 5.97 Å². The van der Waals surface area contributed by atoms with E-state index in [1.54, 1.807) is 11.3 Å². The molecule has 0 atom stereocenters. The number of benzene rings is 1. The van der Waals surface area contributed by atoms with Gasteiger partial charge in [0.25, 0.3) is 0 Å². The van der Waals surface area contributed by atoms with Crippen LogP contribution in [0.15, 0.2) is 47.3 Å². The third-order valence-electron chi connectivity index (χ3n) is 3.64. The number of carboxylic acids is 1. The zero-order chi connectivity index (χ0) is 14.7. The Hall–Kier alpha value is -2.07. The number of hydrogen-bond donors (Lipinski definition) is 1. The van der Waals surface area contributed by atoms with Crippen LogP contribution in [0.2, 0.25) is 0 Å². The maximum absolute atomic E-state index is 10.7. The van der Waals surface area contributed by atoms with Gasteiger partial charge in [0.05, 0.1) is 0 Å². The van der Waals surface area contributed by atoms with E-state index in [1.807, 2.05) is 12.1 Å². The summed E-state index contributed by atoms with van der Waals surface area (Å²) in [5.74, 6) is -0.725. The van der Waals surface area contributed by atoms with Crippen LogP contribution in [0.4, 0.5) is 0 Å². The molecule has 3 aromatic rings. The highest BCUT2D eigenvalue weighted by Crippen LogP contribution is 2.24. The smallest absolute Gasteiger partial charge is 0.303 e. The van der Waals surface area contributed by atoms with Gasteiger partial charge >= 0.3 is 5.97 Å². The summed E-state index contributed by atoms with van der Waals surface area (Å²) in [7, 11) is 0. The number of carboxylic acid groups (broad SMARTS) is 1. The number of hydrogen-bond acceptors (Lipinski definition) is 2. The molecule has 3 rings (SSSR count). The minimum atomic E-state index is -0.725. The van der Waals surface area contributed by atoms with E-state index in [0.29, 0.717) is 6.42 Å².